The Kier molecular flexibility index (Phi) is 5.50. The van der Waals surface area contributed by atoms with Crippen molar-refractivity contribution in [3.63, 3.8) is 0 Å². The van der Waals surface area contributed by atoms with Gasteiger partial charge < -0.3 is 5.11 Å². The maximum Gasteiger partial charge on any atom is 0.126 e. The smallest absolute Gasteiger partial charge is 0.126 e. The number of rotatable bonds is 5. The van der Waals surface area contributed by atoms with Crippen LogP contribution in [0.25, 0.3) is 0 Å². The minimum atomic E-state index is -0.532. The van der Waals surface area contributed by atoms with Crippen LogP contribution in [0.2, 0.25) is 0 Å². The number of aliphatic hydroxyl groups is 1. The molecule has 19 heavy (non-hydrogen) atoms. The Morgan fingerprint density at radius 3 is 2.42 bits per heavy atom. The average Bonchev–Trinajstić information content (AvgIpc) is 2.31. The second-order valence-electron chi connectivity index (χ2n) is 6.06. The number of aliphatic hydroxyl groups excluding tert-OH is 1. The molecule has 0 aromatic heterocycles. The summed E-state index contributed by atoms with van der Waals surface area (Å²) in [5, 5.41) is 10.2. The highest BCUT2D eigenvalue weighted by Gasteiger charge is 2.20. The predicted molar refractivity (Wildman–Crippen MR) is 77.7 cm³/mol. The van der Waals surface area contributed by atoms with Crippen LogP contribution in [-0.4, -0.2) is 28.6 Å². The van der Waals surface area contributed by atoms with E-state index in [1.807, 2.05) is 0 Å². The molecule has 0 bridgehead atoms. The van der Waals surface area contributed by atoms with Crippen molar-refractivity contribution in [1.82, 2.24) is 4.90 Å². The van der Waals surface area contributed by atoms with E-state index in [0.717, 1.165) is 18.7 Å². The molecule has 3 heteroatoms. The highest BCUT2D eigenvalue weighted by atomic mass is 19.1. The Balaban J connectivity index is 2.64. The van der Waals surface area contributed by atoms with Crippen LogP contribution in [0.3, 0.4) is 0 Å². The van der Waals surface area contributed by atoms with E-state index in [4.69, 9.17) is 0 Å². The van der Waals surface area contributed by atoms with Gasteiger partial charge in [-0.25, -0.2) is 4.39 Å². The van der Waals surface area contributed by atoms with Crippen molar-refractivity contribution in [2.75, 3.05) is 13.1 Å². The van der Waals surface area contributed by atoms with E-state index < -0.39 is 6.10 Å². The number of halogens is 1. The number of hydrogen-bond acceptors (Lipinski definition) is 2. The summed E-state index contributed by atoms with van der Waals surface area (Å²) in [5.41, 5.74) is 1.48. The molecule has 0 aliphatic rings. The zero-order valence-electron chi connectivity index (χ0n) is 12.7. The Labute approximate surface area is 116 Å². The molecule has 1 unspecified atom stereocenters. The summed E-state index contributed by atoms with van der Waals surface area (Å²) in [6, 6.07) is 4.82. The predicted octanol–water partition coefficient (Wildman–Crippen LogP) is 3.68. The fourth-order valence-corrected chi connectivity index (χ4v) is 2.29. The van der Waals surface area contributed by atoms with E-state index in [9.17, 15) is 9.50 Å². The summed E-state index contributed by atoms with van der Waals surface area (Å²) >= 11 is 0. The highest BCUT2D eigenvalue weighted by molar-refractivity contribution is 5.25. The van der Waals surface area contributed by atoms with Gasteiger partial charge in [-0.05, 0) is 57.9 Å². The van der Waals surface area contributed by atoms with Crippen molar-refractivity contribution in [3.8, 4) is 0 Å². The van der Waals surface area contributed by atoms with E-state index in [-0.39, 0.29) is 11.4 Å². The molecule has 1 aromatic carbocycles. The molecule has 1 aromatic rings. The molecule has 0 saturated carbocycles. The van der Waals surface area contributed by atoms with Gasteiger partial charge in [0.05, 0.1) is 6.10 Å². The minimum absolute atomic E-state index is 0.104. The molecule has 0 aliphatic heterocycles. The zero-order chi connectivity index (χ0) is 14.6. The van der Waals surface area contributed by atoms with Gasteiger partial charge in [0.15, 0.2) is 0 Å². The van der Waals surface area contributed by atoms with Crippen LogP contribution in [-0.2, 0) is 0 Å². The van der Waals surface area contributed by atoms with E-state index in [1.54, 1.807) is 19.1 Å². The van der Waals surface area contributed by atoms with Gasteiger partial charge in [0.2, 0.25) is 0 Å². The van der Waals surface area contributed by atoms with E-state index in [1.165, 1.54) is 6.07 Å². The van der Waals surface area contributed by atoms with E-state index in [2.05, 4.69) is 32.6 Å². The van der Waals surface area contributed by atoms with Crippen LogP contribution in [0.5, 0.6) is 0 Å². The van der Waals surface area contributed by atoms with Crippen LogP contribution < -0.4 is 0 Å². The molecule has 0 spiro atoms. The SMILES string of the molecule is CCN(CCC(O)c1ccc(F)c(C)c1)C(C)(C)C. The molecule has 0 saturated heterocycles. The lowest BCUT2D eigenvalue weighted by Crippen LogP contribution is -2.42. The molecule has 1 N–H and O–H groups in total. The van der Waals surface area contributed by atoms with E-state index >= 15 is 0 Å². The fourth-order valence-electron chi connectivity index (χ4n) is 2.29. The summed E-state index contributed by atoms with van der Waals surface area (Å²) in [4.78, 5) is 2.33. The second kappa shape index (κ2) is 6.49. The van der Waals surface area contributed by atoms with Crippen LogP contribution in [0.15, 0.2) is 18.2 Å². The van der Waals surface area contributed by atoms with Crippen molar-refractivity contribution in [1.29, 1.82) is 0 Å². The Hall–Kier alpha value is -0.930. The summed E-state index contributed by atoms with van der Waals surface area (Å²) in [6.07, 6.45) is 0.131. The monoisotopic (exact) mass is 267 g/mol. The third-order valence-electron chi connectivity index (χ3n) is 3.57. The third-order valence-corrected chi connectivity index (χ3v) is 3.57. The Bertz CT molecular complexity index is 412. The summed E-state index contributed by atoms with van der Waals surface area (Å²) in [6.45, 7) is 12.1. The van der Waals surface area contributed by atoms with Gasteiger partial charge in [-0.15, -0.1) is 0 Å². The molecular formula is C16H26FNO. The van der Waals surface area contributed by atoms with Crippen molar-refractivity contribution < 1.29 is 9.50 Å². The first-order valence-corrected chi connectivity index (χ1v) is 6.95. The molecule has 1 atom stereocenters. The molecule has 108 valence electrons. The molecule has 0 radical (unpaired) electrons. The minimum Gasteiger partial charge on any atom is -0.388 e. The molecule has 0 heterocycles. The van der Waals surface area contributed by atoms with Gasteiger partial charge in [-0.2, -0.15) is 0 Å². The molecule has 0 fully saturated rings. The molecule has 0 aliphatic carbocycles. The molecular weight excluding hydrogens is 241 g/mol. The molecule has 0 amide bonds. The number of aryl methyl sites for hydroxylation is 1. The quantitative estimate of drug-likeness (QED) is 0.879. The maximum absolute atomic E-state index is 13.2. The maximum atomic E-state index is 13.2. The average molecular weight is 267 g/mol. The standard InChI is InChI=1S/C16H26FNO/c1-6-18(16(3,4)5)10-9-15(19)13-7-8-14(17)12(2)11-13/h7-8,11,15,19H,6,9-10H2,1-5H3. The lowest BCUT2D eigenvalue weighted by atomic mass is 10.0. The Morgan fingerprint density at radius 1 is 1.32 bits per heavy atom. The first-order valence-electron chi connectivity index (χ1n) is 6.95. The van der Waals surface area contributed by atoms with Gasteiger partial charge in [0.1, 0.15) is 5.82 Å². The van der Waals surface area contributed by atoms with Crippen molar-refractivity contribution in [2.24, 2.45) is 0 Å². The largest absolute Gasteiger partial charge is 0.388 e. The molecule has 1 rings (SSSR count). The number of benzene rings is 1. The molecule has 2 nitrogen and oxygen atoms in total. The topological polar surface area (TPSA) is 23.5 Å². The highest BCUT2D eigenvalue weighted by Crippen LogP contribution is 2.21. The first-order chi connectivity index (χ1) is 8.75. The Morgan fingerprint density at radius 2 is 1.95 bits per heavy atom. The first kappa shape index (κ1) is 16.1. The number of nitrogens with zero attached hydrogens (tertiary/aromatic N) is 1. The normalized spacial score (nSPS) is 13.9. The van der Waals surface area contributed by atoms with Crippen LogP contribution in [0.4, 0.5) is 4.39 Å². The van der Waals surface area contributed by atoms with E-state index in [0.29, 0.717) is 12.0 Å². The summed E-state index contributed by atoms with van der Waals surface area (Å²) < 4.78 is 13.2. The summed E-state index contributed by atoms with van der Waals surface area (Å²) in [5.74, 6) is -0.221. The summed E-state index contributed by atoms with van der Waals surface area (Å²) in [7, 11) is 0. The van der Waals surface area contributed by atoms with Crippen molar-refractivity contribution >= 4 is 0 Å². The lowest BCUT2D eigenvalue weighted by Gasteiger charge is -2.35. The lowest BCUT2D eigenvalue weighted by molar-refractivity contribution is 0.0996. The number of hydrogen-bond donors (Lipinski definition) is 1. The second-order valence-corrected chi connectivity index (χ2v) is 6.06. The van der Waals surface area contributed by atoms with Gasteiger partial charge in [0.25, 0.3) is 0 Å². The van der Waals surface area contributed by atoms with Gasteiger partial charge in [0, 0.05) is 12.1 Å². The zero-order valence-corrected chi connectivity index (χ0v) is 12.7. The van der Waals surface area contributed by atoms with Gasteiger partial charge in [-0.1, -0.05) is 19.1 Å². The van der Waals surface area contributed by atoms with Crippen LogP contribution in [0, 0.1) is 12.7 Å². The van der Waals surface area contributed by atoms with Crippen LogP contribution in [0.1, 0.15) is 51.3 Å². The van der Waals surface area contributed by atoms with Crippen LogP contribution >= 0.6 is 0 Å². The fraction of sp³-hybridized carbons (Fsp3) is 0.625. The van der Waals surface area contributed by atoms with Crippen molar-refractivity contribution in [3.05, 3.63) is 35.1 Å². The van der Waals surface area contributed by atoms with Gasteiger partial charge in [-0.3, -0.25) is 4.90 Å². The van der Waals surface area contributed by atoms with Crippen molar-refractivity contribution in [2.45, 2.75) is 52.7 Å². The third kappa shape index (κ3) is 4.59. The van der Waals surface area contributed by atoms with Gasteiger partial charge >= 0.3 is 0 Å².